The summed E-state index contributed by atoms with van der Waals surface area (Å²) in [4.78, 5) is 7.52. The van der Waals surface area contributed by atoms with Gasteiger partial charge >= 0.3 is 0 Å². The van der Waals surface area contributed by atoms with Gasteiger partial charge in [0.15, 0.2) is 6.04 Å². The minimum atomic E-state index is 0.0313. The molecule has 3 aromatic rings. The van der Waals surface area contributed by atoms with E-state index in [1.54, 1.807) is 4.52 Å². The molecule has 1 aliphatic heterocycles. The van der Waals surface area contributed by atoms with E-state index in [1.807, 2.05) is 6.92 Å². The van der Waals surface area contributed by atoms with Crippen molar-refractivity contribution < 1.29 is 14.7 Å². The number of aromatic nitrogens is 3. The van der Waals surface area contributed by atoms with Crippen LogP contribution in [-0.4, -0.2) is 45.0 Å². The van der Waals surface area contributed by atoms with Crippen LogP contribution in [0.4, 0.5) is 0 Å². The summed E-state index contributed by atoms with van der Waals surface area (Å²) < 4.78 is 7.54. The predicted octanol–water partition coefficient (Wildman–Crippen LogP) is 2.71. The molecule has 6 nitrogen and oxygen atoms in total. The molecule has 0 saturated carbocycles. The SMILES string of the molecule is Cc1nc2sc([C@H](c3ccc(C(C)C)cc3)[NH+]3C[C@@H](C)O[C@@H](C)C3)c(O)n2n1. The number of fused-ring (bicyclic) bond motifs is 1. The highest BCUT2D eigenvalue weighted by atomic mass is 32.1. The van der Waals surface area contributed by atoms with Gasteiger partial charge in [0.2, 0.25) is 10.8 Å². The first-order valence-corrected chi connectivity index (χ1v) is 10.8. The number of rotatable bonds is 4. The quantitative estimate of drug-likeness (QED) is 0.706. The average Bonchev–Trinajstić information content (AvgIpc) is 3.13. The fraction of sp³-hybridized carbons (Fsp3) is 0.524. The summed E-state index contributed by atoms with van der Waals surface area (Å²) in [6.45, 7) is 12.3. The first-order chi connectivity index (χ1) is 13.3. The second kappa shape index (κ2) is 7.46. The van der Waals surface area contributed by atoms with E-state index in [-0.39, 0.29) is 24.1 Å². The Morgan fingerprint density at radius 1 is 1.14 bits per heavy atom. The van der Waals surface area contributed by atoms with E-state index in [1.165, 1.54) is 27.4 Å². The summed E-state index contributed by atoms with van der Waals surface area (Å²) in [5.74, 6) is 1.37. The van der Waals surface area contributed by atoms with Crippen molar-refractivity contribution in [1.29, 1.82) is 0 Å². The maximum Gasteiger partial charge on any atom is 0.235 e. The fourth-order valence-corrected chi connectivity index (χ4v) is 5.42. The summed E-state index contributed by atoms with van der Waals surface area (Å²) in [5, 5.41) is 15.3. The monoisotopic (exact) mass is 401 g/mol. The van der Waals surface area contributed by atoms with Crippen molar-refractivity contribution in [2.45, 2.75) is 58.8 Å². The van der Waals surface area contributed by atoms with E-state index in [4.69, 9.17) is 4.74 Å². The van der Waals surface area contributed by atoms with E-state index in [9.17, 15) is 5.11 Å². The van der Waals surface area contributed by atoms with Crippen LogP contribution in [0.3, 0.4) is 0 Å². The Balaban J connectivity index is 1.80. The Bertz CT molecular complexity index is 953. The Morgan fingerprint density at radius 2 is 1.75 bits per heavy atom. The largest absolute Gasteiger partial charge is 0.492 e. The van der Waals surface area contributed by atoms with E-state index in [0.29, 0.717) is 11.7 Å². The Kier molecular flexibility index (Phi) is 5.16. The molecule has 0 bridgehead atoms. The molecule has 1 saturated heterocycles. The van der Waals surface area contributed by atoms with Crippen molar-refractivity contribution in [1.82, 2.24) is 14.6 Å². The average molecular weight is 402 g/mol. The molecule has 1 aromatic carbocycles. The molecule has 7 heteroatoms. The van der Waals surface area contributed by atoms with E-state index < -0.39 is 0 Å². The van der Waals surface area contributed by atoms with Crippen LogP contribution in [0.15, 0.2) is 24.3 Å². The number of quaternary nitrogens is 1. The topological polar surface area (TPSA) is 64.1 Å². The number of hydrogen-bond donors (Lipinski definition) is 2. The van der Waals surface area contributed by atoms with Gasteiger partial charge in [-0.1, -0.05) is 49.4 Å². The third-order valence-corrected chi connectivity index (χ3v) is 6.56. The molecule has 4 rings (SSSR count). The van der Waals surface area contributed by atoms with Gasteiger partial charge in [-0.05, 0) is 32.3 Å². The first-order valence-electron chi connectivity index (χ1n) is 9.98. The van der Waals surface area contributed by atoms with Crippen molar-refractivity contribution in [3.05, 3.63) is 46.1 Å². The van der Waals surface area contributed by atoms with Crippen LogP contribution in [-0.2, 0) is 4.74 Å². The van der Waals surface area contributed by atoms with E-state index in [2.05, 4.69) is 62.0 Å². The van der Waals surface area contributed by atoms with Crippen molar-refractivity contribution in [3.8, 4) is 5.88 Å². The highest BCUT2D eigenvalue weighted by molar-refractivity contribution is 7.17. The van der Waals surface area contributed by atoms with Crippen LogP contribution in [0.2, 0.25) is 0 Å². The zero-order valence-corrected chi connectivity index (χ0v) is 18.0. The number of benzene rings is 1. The lowest BCUT2D eigenvalue weighted by Gasteiger charge is -2.37. The van der Waals surface area contributed by atoms with Gasteiger partial charge in [-0.3, -0.25) is 0 Å². The Labute approximate surface area is 169 Å². The molecular weight excluding hydrogens is 372 g/mol. The Morgan fingerprint density at radius 3 is 2.32 bits per heavy atom. The van der Waals surface area contributed by atoms with Crippen LogP contribution < -0.4 is 4.90 Å². The normalized spacial score (nSPS) is 24.1. The molecule has 28 heavy (non-hydrogen) atoms. The van der Waals surface area contributed by atoms with Crippen LogP contribution in [0.25, 0.3) is 4.96 Å². The zero-order chi connectivity index (χ0) is 20.0. The molecule has 0 radical (unpaired) electrons. The van der Waals surface area contributed by atoms with Crippen molar-refractivity contribution in [3.63, 3.8) is 0 Å². The Hall–Kier alpha value is -1.96. The number of thiazole rings is 1. The summed E-state index contributed by atoms with van der Waals surface area (Å²) in [6, 6.07) is 8.86. The standard InChI is InChI=1S/C21H28N4O2S/c1-12(2)16-6-8-17(9-7-16)18(24-10-13(3)27-14(4)11-24)19-20(26)25-21(28-19)22-15(5)23-25/h6-9,12-14,18,26H,10-11H2,1-5H3/p+1/t13-,14+,18-/m0/s1. The van der Waals surface area contributed by atoms with Crippen LogP contribution in [0.1, 0.15) is 61.5 Å². The third-order valence-electron chi connectivity index (χ3n) is 5.48. The lowest BCUT2D eigenvalue weighted by molar-refractivity contribution is -0.939. The number of aryl methyl sites for hydroxylation is 1. The molecule has 0 amide bonds. The molecular formula is C21H29N4O2S+. The number of aromatic hydroxyl groups is 1. The summed E-state index contributed by atoms with van der Waals surface area (Å²) >= 11 is 1.53. The van der Waals surface area contributed by atoms with E-state index in [0.717, 1.165) is 22.9 Å². The maximum atomic E-state index is 11.0. The molecule has 1 unspecified atom stereocenters. The van der Waals surface area contributed by atoms with Gasteiger partial charge in [0.25, 0.3) is 0 Å². The second-order valence-corrected chi connectivity index (χ2v) is 9.23. The van der Waals surface area contributed by atoms with E-state index >= 15 is 0 Å². The molecule has 2 aromatic heterocycles. The van der Waals surface area contributed by atoms with Gasteiger partial charge in [-0.25, -0.2) is 4.98 Å². The predicted molar refractivity (Wildman–Crippen MR) is 110 cm³/mol. The van der Waals surface area contributed by atoms with Gasteiger partial charge < -0.3 is 14.7 Å². The number of ether oxygens (including phenoxy) is 1. The molecule has 1 aliphatic rings. The van der Waals surface area contributed by atoms with Gasteiger partial charge in [-0.2, -0.15) is 4.52 Å². The van der Waals surface area contributed by atoms with Gasteiger partial charge in [0.05, 0.1) is 0 Å². The minimum absolute atomic E-state index is 0.0313. The molecule has 0 aliphatic carbocycles. The van der Waals surface area contributed by atoms with Crippen LogP contribution in [0, 0.1) is 6.92 Å². The maximum absolute atomic E-state index is 11.0. The second-order valence-electron chi connectivity index (χ2n) is 8.22. The lowest BCUT2D eigenvalue weighted by atomic mass is 9.97. The summed E-state index contributed by atoms with van der Waals surface area (Å²) in [6.07, 6.45) is 0.366. The third kappa shape index (κ3) is 3.54. The van der Waals surface area contributed by atoms with Gasteiger partial charge in [-0.15, -0.1) is 5.10 Å². The number of nitrogens with one attached hydrogen (secondary N) is 1. The van der Waals surface area contributed by atoms with Crippen molar-refractivity contribution in [2.24, 2.45) is 0 Å². The lowest BCUT2D eigenvalue weighted by Crippen LogP contribution is -3.15. The molecule has 2 N–H and O–H groups in total. The number of hydrogen-bond acceptors (Lipinski definition) is 5. The molecule has 150 valence electrons. The molecule has 0 spiro atoms. The fourth-order valence-electron chi connectivity index (χ4n) is 4.23. The minimum Gasteiger partial charge on any atom is -0.492 e. The molecule has 1 fully saturated rings. The van der Waals surface area contributed by atoms with Crippen LogP contribution >= 0.6 is 11.3 Å². The van der Waals surface area contributed by atoms with Crippen LogP contribution in [0.5, 0.6) is 5.88 Å². The highest BCUT2D eigenvalue weighted by Gasteiger charge is 2.37. The first kappa shape index (κ1) is 19.4. The van der Waals surface area contributed by atoms with Gasteiger partial charge in [0.1, 0.15) is 36.0 Å². The smallest absolute Gasteiger partial charge is 0.235 e. The molecule has 3 heterocycles. The van der Waals surface area contributed by atoms with Crippen molar-refractivity contribution in [2.75, 3.05) is 13.1 Å². The molecule has 4 atom stereocenters. The summed E-state index contributed by atoms with van der Waals surface area (Å²) in [7, 11) is 0. The zero-order valence-electron chi connectivity index (χ0n) is 17.1. The number of nitrogens with zero attached hydrogens (tertiary/aromatic N) is 3. The highest BCUT2D eigenvalue weighted by Crippen LogP contribution is 2.35. The van der Waals surface area contributed by atoms with Gasteiger partial charge in [0, 0.05) is 5.56 Å². The van der Waals surface area contributed by atoms with Crippen molar-refractivity contribution >= 4 is 16.3 Å². The number of morpholine rings is 1. The summed E-state index contributed by atoms with van der Waals surface area (Å²) in [5.41, 5.74) is 2.53.